The Kier molecular flexibility index (Phi) is 5.75. The van der Waals surface area contributed by atoms with Crippen LogP contribution in [0.3, 0.4) is 0 Å². The molecule has 5 rings (SSSR count). The van der Waals surface area contributed by atoms with E-state index in [2.05, 4.69) is 24.1 Å². The van der Waals surface area contributed by atoms with Gasteiger partial charge in [-0.25, -0.2) is 22.8 Å². The van der Waals surface area contributed by atoms with E-state index in [1.807, 2.05) is 17.5 Å². The number of rotatable bonds is 6. The molecule has 0 saturated heterocycles. The van der Waals surface area contributed by atoms with Crippen LogP contribution in [0.25, 0.3) is 16.8 Å². The highest BCUT2D eigenvalue weighted by atomic mass is 32.2. The summed E-state index contributed by atoms with van der Waals surface area (Å²) < 4.78 is 46.1. The molecule has 3 heterocycles. The minimum atomic E-state index is -3.31. The average Bonchev–Trinajstić information content (AvgIpc) is 3.46. The van der Waals surface area contributed by atoms with Crippen LogP contribution in [0.2, 0.25) is 0 Å². The van der Waals surface area contributed by atoms with Gasteiger partial charge in [-0.05, 0) is 48.2 Å². The van der Waals surface area contributed by atoms with Crippen molar-refractivity contribution in [1.29, 1.82) is 0 Å². The molecule has 4 aromatic rings. The fourth-order valence-electron chi connectivity index (χ4n) is 4.44. The Morgan fingerprint density at radius 1 is 1.20 bits per heavy atom. The predicted octanol–water partition coefficient (Wildman–Crippen LogP) is 4.92. The standard InChI is InChI=1S/C26H27FN4O3S/c1-15(2)23-14-31-25(30-23)21(18-6-5-17(11-16(18)3)35(4,32)33)13-29-26(31)28-12-20-19-9-10-34-24(19)8-7-22(20)27/h5-8,11,13-15H,9-10,12H2,1-4H3,(H,28,29). The van der Waals surface area contributed by atoms with E-state index in [4.69, 9.17) is 9.72 Å². The maximum Gasteiger partial charge on any atom is 0.208 e. The molecule has 0 bridgehead atoms. The lowest BCUT2D eigenvalue weighted by Crippen LogP contribution is -2.10. The van der Waals surface area contributed by atoms with Gasteiger partial charge in [0.2, 0.25) is 5.95 Å². The van der Waals surface area contributed by atoms with Gasteiger partial charge in [0.15, 0.2) is 9.84 Å². The summed E-state index contributed by atoms with van der Waals surface area (Å²) in [5, 5.41) is 3.29. The van der Waals surface area contributed by atoms with Crippen molar-refractivity contribution in [3.8, 4) is 16.9 Å². The Balaban J connectivity index is 1.57. The van der Waals surface area contributed by atoms with Crippen molar-refractivity contribution >= 4 is 21.4 Å². The Morgan fingerprint density at radius 3 is 2.71 bits per heavy atom. The molecule has 7 nitrogen and oxygen atoms in total. The molecule has 0 fully saturated rings. The van der Waals surface area contributed by atoms with Crippen LogP contribution in [0.1, 0.15) is 42.1 Å². The molecule has 182 valence electrons. The molecule has 2 aromatic carbocycles. The molecule has 0 radical (unpaired) electrons. The number of fused-ring (bicyclic) bond motifs is 2. The zero-order valence-corrected chi connectivity index (χ0v) is 20.9. The van der Waals surface area contributed by atoms with E-state index < -0.39 is 9.84 Å². The summed E-state index contributed by atoms with van der Waals surface area (Å²) in [7, 11) is -3.31. The van der Waals surface area contributed by atoms with E-state index in [0.717, 1.165) is 33.7 Å². The van der Waals surface area contributed by atoms with Gasteiger partial charge in [-0.15, -0.1) is 0 Å². The summed E-state index contributed by atoms with van der Waals surface area (Å²) in [4.78, 5) is 9.78. The smallest absolute Gasteiger partial charge is 0.208 e. The van der Waals surface area contributed by atoms with E-state index in [0.29, 0.717) is 30.2 Å². The van der Waals surface area contributed by atoms with Crippen LogP contribution in [0.4, 0.5) is 10.3 Å². The zero-order chi connectivity index (χ0) is 24.9. The molecule has 0 amide bonds. The van der Waals surface area contributed by atoms with E-state index in [1.165, 1.54) is 12.3 Å². The second kappa shape index (κ2) is 8.64. The maximum atomic E-state index is 14.6. The molecule has 1 aliphatic rings. The Morgan fingerprint density at radius 2 is 2.00 bits per heavy atom. The Hall–Kier alpha value is -3.46. The molecule has 1 aliphatic heterocycles. The molecule has 35 heavy (non-hydrogen) atoms. The number of halogens is 1. The van der Waals surface area contributed by atoms with Gasteiger partial charge in [-0.3, -0.25) is 4.40 Å². The first-order valence-electron chi connectivity index (χ1n) is 11.5. The van der Waals surface area contributed by atoms with E-state index >= 15 is 0 Å². The first kappa shape index (κ1) is 23.3. The number of ether oxygens (including phenoxy) is 1. The lowest BCUT2D eigenvalue weighted by molar-refractivity contribution is 0.356. The number of hydrogen-bond donors (Lipinski definition) is 1. The van der Waals surface area contributed by atoms with Crippen molar-refractivity contribution in [2.45, 2.75) is 44.6 Å². The summed E-state index contributed by atoms with van der Waals surface area (Å²) in [6, 6.07) is 8.18. The molecule has 0 aliphatic carbocycles. The van der Waals surface area contributed by atoms with E-state index in [9.17, 15) is 12.8 Å². The Labute approximate surface area is 203 Å². The molecular weight excluding hydrogens is 467 g/mol. The molecule has 0 atom stereocenters. The first-order valence-corrected chi connectivity index (χ1v) is 13.4. The number of anilines is 1. The van der Waals surface area contributed by atoms with E-state index in [1.54, 1.807) is 30.5 Å². The zero-order valence-electron chi connectivity index (χ0n) is 20.1. The maximum absolute atomic E-state index is 14.6. The largest absolute Gasteiger partial charge is 0.493 e. The van der Waals surface area contributed by atoms with Crippen molar-refractivity contribution in [2.24, 2.45) is 0 Å². The fourth-order valence-corrected chi connectivity index (χ4v) is 5.14. The molecule has 1 N–H and O–H groups in total. The van der Waals surface area contributed by atoms with Crippen LogP contribution in [-0.4, -0.2) is 35.6 Å². The van der Waals surface area contributed by atoms with Crippen LogP contribution >= 0.6 is 0 Å². The minimum Gasteiger partial charge on any atom is -0.493 e. The molecular formula is C26H27FN4O3S. The number of imidazole rings is 1. The monoisotopic (exact) mass is 494 g/mol. The SMILES string of the molecule is Cc1cc(S(C)(=O)=O)ccc1-c1cnc(NCc2c(F)ccc3c2CCO3)n2cc(C(C)C)nc12. The topological polar surface area (TPSA) is 85.6 Å². The van der Waals surface area contributed by atoms with Crippen LogP contribution in [-0.2, 0) is 22.8 Å². The number of hydrogen-bond acceptors (Lipinski definition) is 6. The van der Waals surface area contributed by atoms with Gasteiger partial charge in [0.25, 0.3) is 0 Å². The van der Waals surface area contributed by atoms with Crippen molar-refractivity contribution in [2.75, 3.05) is 18.2 Å². The summed E-state index contributed by atoms with van der Waals surface area (Å²) in [6.07, 6.45) is 5.54. The number of benzene rings is 2. The second-order valence-electron chi connectivity index (χ2n) is 9.21. The van der Waals surface area contributed by atoms with Gasteiger partial charge in [-0.2, -0.15) is 0 Å². The lowest BCUT2D eigenvalue weighted by Gasteiger charge is -2.14. The van der Waals surface area contributed by atoms with Gasteiger partial charge < -0.3 is 10.1 Å². The minimum absolute atomic E-state index is 0.191. The van der Waals surface area contributed by atoms with Crippen molar-refractivity contribution in [1.82, 2.24) is 14.4 Å². The van der Waals surface area contributed by atoms with Gasteiger partial charge in [0.1, 0.15) is 17.2 Å². The number of nitrogens with zero attached hydrogens (tertiary/aromatic N) is 3. The highest BCUT2D eigenvalue weighted by molar-refractivity contribution is 7.90. The summed E-state index contributed by atoms with van der Waals surface area (Å²) in [5.74, 6) is 1.19. The fraction of sp³-hybridized carbons (Fsp3) is 0.308. The highest BCUT2D eigenvalue weighted by Crippen LogP contribution is 2.33. The van der Waals surface area contributed by atoms with Gasteiger partial charge in [-0.1, -0.05) is 19.9 Å². The quantitative estimate of drug-likeness (QED) is 0.410. The molecule has 0 unspecified atom stereocenters. The Bertz CT molecular complexity index is 1560. The molecule has 2 aromatic heterocycles. The van der Waals surface area contributed by atoms with E-state index in [-0.39, 0.29) is 23.2 Å². The van der Waals surface area contributed by atoms with Gasteiger partial charge in [0, 0.05) is 48.3 Å². The highest BCUT2D eigenvalue weighted by Gasteiger charge is 2.21. The average molecular weight is 495 g/mol. The number of aryl methyl sites for hydroxylation is 1. The van der Waals surface area contributed by atoms with Gasteiger partial charge in [0.05, 0.1) is 17.2 Å². The molecule has 0 spiro atoms. The second-order valence-corrected chi connectivity index (χ2v) is 11.2. The van der Waals surface area contributed by atoms with Gasteiger partial charge >= 0.3 is 0 Å². The summed E-state index contributed by atoms with van der Waals surface area (Å²) >= 11 is 0. The van der Waals surface area contributed by atoms with Crippen LogP contribution in [0.15, 0.2) is 47.6 Å². The van der Waals surface area contributed by atoms with Crippen LogP contribution in [0, 0.1) is 12.7 Å². The number of aromatic nitrogens is 3. The molecule has 9 heteroatoms. The number of nitrogens with one attached hydrogen (secondary N) is 1. The third kappa shape index (κ3) is 4.25. The molecule has 0 saturated carbocycles. The summed E-state index contributed by atoms with van der Waals surface area (Å²) in [6.45, 7) is 6.82. The normalized spacial score (nSPS) is 13.3. The number of sulfone groups is 1. The van der Waals surface area contributed by atoms with Crippen LogP contribution < -0.4 is 10.1 Å². The van der Waals surface area contributed by atoms with Crippen LogP contribution in [0.5, 0.6) is 5.75 Å². The first-order chi connectivity index (χ1) is 16.6. The summed E-state index contributed by atoms with van der Waals surface area (Å²) in [5.41, 5.74) is 5.52. The van der Waals surface area contributed by atoms with Crippen molar-refractivity contribution in [3.63, 3.8) is 0 Å². The predicted molar refractivity (Wildman–Crippen MR) is 133 cm³/mol. The van der Waals surface area contributed by atoms with Crippen molar-refractivity contribution < 1.29 is 17.5 Å². The van der Waals surface area contributed by atoms with Crippen molar-refractivity contribution in [3.05, 3.63) is 70.9 Å². The third-order valence-corrected chi connectivity index (χ3v) is 7.49. The third-order valence-electron chi connectivity index (χ3n) is 6.38. The lowest BCUT2D eigenvalue weighted by atomic mass is 10.0.